The molecule has 0 aliphatic carbocycles. The molecule has 0 aromatic heterocycles. The van der Waals surface area contributed by atoms with Gasteiger partial charge < -0.3 is 10.2 Å². The highest BCUT2D eigenvalue weighted by molar-refractivity contribution is 7.92. The van der Waals surface area contributed by atoms with Gasteiger partial charge in [0.15, 0.2) is 0 Å². The van der Waals surface area contributed by atoms with E-state index in [2.05, 4.69) is 5.32 Å². The summed E-state index contributed by atoms with van der Waals surface area (Å²) in [7, 11) is -4.10. The van der Waals surface area contributed by atoms with Gasteiger partial charge in [-0.1, -0.05) is 54.4 Å². The van der Waals surface area contributed by atoms with Crippen LogP contribution in [0.15, 0.2) is 71.6 Å². The number of aryl methyl sites for hydroxylation is 3. The van der Waals surface area contributed by atoms with Crippen LogP contribution in [0.25, 0.3) is 0 Å². The quantitative estimate of drug-likeness (QED) is 0.335. The molecule has 0 heterocycles. The number of nitrogens with zero attached hydrogens (tertiary/aromatic N) is 2. The number of carbonyl (C=O) groups excluding carboxylic acids is 2. The van der Waals surface area contributed by atoms with Crippen molar-refractivity contribution in [3.05, 3.63) is 94.0 Å². The first-order valence-electron chi connectivity index (χ1n) is 13.0. The van der Waals surface area contributed by atoms with Gasteiger partial charge in [0.2, 0.25) is 11.8 Å². The summed E-state index contributed by atoms with van der Waals surface area (Å²) in [6, 6.07) is 18.1. The third-order valence-corrected chi connectivity index (χ3v) is 8.71. The van der Waals surface area contributed by atoms with Gasteiger partial charge in [-0.15, -0.1) is 0 Å². The molecule has 0 radical (unpaired) electrons. The van der Waals surface area contributed by atoms with Crippen LogP contribution in [0.1, 0.15) is 42.5 Å². The fourth-order valence-corrected chi connectivity index (χ4v) is 5.78. The zero-order chi connectivity index (χ0) is 28.7. The Bertz CT molecular complexity index is 1410. The highest BCUT2D eigenvalue weighted by Crippen LogP contribution is 2.27. The normalized spacial score (nSPS) is 12.1. The van der Waals surface area contributed by atoms with Gasteiger partial charge in [0.25, 0.3) is 10.0 Å². The highest BCUT2D eigenvalue weighted by atomic mass is 35.5. The van der Waals surface area contributed by atoms with Gasteiger partial charge in [0.1, 0.15) is 12.6 Å². The van der Waals surface area contributed by atoms with Crippen molar-refractivity contribution in [2.45, 2.75) is 58.5 Å². The number of hydrogen-bond donors (Lipinski definition) is 1. The van der Waals surface area contributed by atoms with Gasteiger partial charge in [-0.05, 0) is 87.2 Å². The number of nitrogens with one attached hydrogen (secondary N) is 1. The SMILES string of the molecule is CCNC(=O)[C@@H](CC)N(Cc1ccc(Cl)cc1)C(=O)CN(c1ccc(C)c(C)c1)S(=O)(=O)c1ccc(C)cc1. The Labute approximate surface area is 236 Å². The predicted octanol–water partition coefficient (Wildman–Crippen LogP) is 5.40. The lowest BCUT2D eigenvalue weighted by Gasteiger charge is -2.33. The molecule has 3 rings (SSSR count). The molecule has 39 heavy (non-hydrogen) atoms. The lowest BCUT2D eigenvalue weighted by molar-refractivity contribution is -0.140. The average molecular weight is 570 g/mol. The second-order valence-corrected chi connectivity index (χ2v) is 11.9. The first-order chi connectivity index (χ1) is 18.5. The second kappa shape index (κ2) is 13.1. The van der Waals surface area contributed by atoms with E-state index in [1.807, 2.05) is 40.7 Å². The summed E-state index contributed by atoms with van der Waals surface area (Å²) >= 11 is 6.05. The molecule has 3 aromatic rings. The van der Waals surface area contributed by atoms with Gasteiger partial charge in [-0.25, -0.2) is 8.42 Å². The summed E-state index contributed by atoms with van der Waals surface area (Å²) in [4.78, 5) is 28.5. The van der Waals surface area contributed by atoms with Crippen molar-refractivity contribution in [1.29, 1.82) is 0 Å². The molecule has 9 heteroatoms. The maximum absolute atomic E-state index is 14.0. The van der Waals surface area contributed by atoms with E-state index >= 15 is 0 Å². The maximum atomic E-state index is 14.0. The molecule has 0 aliphatic rings. The van der Waals surface area contributed by atoms with E-state index in [9.17, 15) is 18.0 Å². The zero-order valence-electron chi connectivity index (χ0n) is 23.1. The number of anilines is 1. The van der Waals surface area contributed by atoms with Crippen molar-refractivity contribution >= 4 is 39.1 Å². The molecule has 2 amide bonds. The van der Waals surface area contributed by atoms with Crippen LogP contribution in [0, 0.1) is 20.8 Å². The minimum Gasteiger partial charge on any atom is -0.355 e. The number of rotatable bonds is 11. The maximum Gasteiger partial charge on any atom is 0.264 e. The smallest absolute Gasteiger partial charge is 0.264 e. The number of hydrogen-bond acceptors (Lipinski definition) is 4. The van der Waals surface area contributed by atoms with Crippen LogP contribution in [0.5, 0.6) is 0 Å². The fourth-order valence-electron chi connectivity index (χ4n) is 4.24. The third kappa shape index (κ3) is 7.40. The molecule has 1 atom stereocenters. The topological polar surface area (TPSA) is 86.8 Å². The first-order valence-corrected chi connectivity index (χ1v) is 14.8. The number of likely N-dealkylation sites (N-methyl/N-ethyl adjacent to an activating group) is 1. The van der Waals surface area contributed by atoms with Crippen LogP contribution < -0.4 is 9.62 Å². The summed E-state index contributed by atoms with van der Waals surface area (Å²) < 4.78 is 29.0. The molecule has 7 nitrogen and oxygen atoms in total. The largest absolute Gasteiger partial charge is 0.355 e. The summed E-state index contributed by atoms with van der Waals surface area (Å²) in [5, 5.41) is 3.35. The first kappa shape index (κ1) is 30.2. The van der Waals surface area contributed by atoms with E-state index < -0.39 is 28.5 Å². The predicted molar refractivity (Wildman–Crippen MR) is 156 cm³/mol. The number of halogens is 1. The fraction of sp³-hybridized carbons (Fsp3) is 0.333. The summed E-state index contributed by atoms with van der Waals surface area (Å²) in [5.41, 5.74) is 3.98. The Morgan fingerprint density at radius 3 is 2.10 bits per heavy atom. The molecule has 0 bridgehead atoms. The molecule has 0 saturated carbocycles. The molecule has 0 saturated heterocycles. The van der Waals surface area contributed by atoms with Crippen molar-refractivity contribution in [3.8, 4) is 0 Å². The van der Waals surface area contributed by atoms with Crippen LogP contribution >= 0.6 is 11.6 Å². The Morgan fingerprint density at radius 2 is 1.54 bits per heavy atom. The van der Waals surface area contributed by atoms with Gasteiger partial charge in [0, 0.05) is 18.1 Å². The number of amides is 2. The van der Waals surface area contributed by atoms with Gasteiger partial charge in [0.05, 0.1) is 10.6 Å². The minimum atomic E-state index is -4.10. The monoisotopic (exact) mass is 569 g/mol. The van der Waals surface area contributed by atoms with E-state index in [0.29, 0.717) is 23.7 Å². The van der Waals surface area contributed by atoms with Crippen LogP contribution in [0.3, 0.4) is 0 Å². The Balaban J connectivity index is 2.08. The summed E-state index contributed by atoms with van der Waals surface area (Å²) in [5.74, 6) is -0.779. The standard InChI is InChI=1S/C30H36ClN3O4S/c1-6-28(30(36)32-7-2)33(19-24-11-13-25(31)14-12-24)29(35)20-34(26-15-10-22(4)23(5)18-26)39(37,38)27-16-8-21(3)9-17-27/h8-18,28H,6-7,19-20H2,1-5H3,(H,32,36)/t28-/m1/s1. The van der Waals surface area contributed by atoms with E-state index in [1.54, 1.807) is 48.5 Å². The van der Waals surface area contributed by atoms with E-state index in [-0.39, 0.29) is 17.3 Å². The third-order valence-electron chi connectivity index (χ3n) is 6.67. The Kier molecular flexibility index (Phi) is 10.2. The Morgan fingerprint density at radius 1 is 0.897 bits per heavy atom. The lowest BCUT2D eigenvalue weighted by atomic mass is 10.1. The average Bonchev–Trinajstić information content (AvgIpc) is 2.90. The van der Waals surface area contributed by atoms with Crippen molar-refractivity contribution < 1.29 is 18.0 Å². The summed E-state index contributed by atoms with van der Waals surface area (Å²) in [6.07, 6.45) is 0.361. The molecule has 3 aromatic carbocycles. The number of carbonyl (C=O) groups is 2. The van der Waals surface area contributed by atoms with Crippen LogP contribution in [-0.2, 0) is 26.2 Å². The molecule has 0 unspecified atom stereocenters. The van der Waals surface area contributed by atoms with E-state index in [1.165, 1.54) is 17.0 Å². The molecule has 0 fully saturated rings. The van der Waals surface area contributed by atoms with Crippen LogP contribution in [0.4, 0.5) is 5.69 Å². The van der Waals surface area contributed by atoms with Crippen LogP contribution in [0.2, 0.25) is 5.02 Å². The summed E-state index contributed by atoms with van der Waals surface area (Å²) in [6.45, 7) is 9.41. The Hall–Kier alpha value is -3.36. The lowest BCUT2D eigenvalue weighted by Crippen LogP contribution is -2.52. The number of sulfonamides is 1. The van der Waals surface area contributed by atoms with Gasteiger partial charge in [-0.3, -0.25) is 13.9 Å². The van der Waals surface area contributed by atoms with Gasteiger partial charge >= 0.3 is 0 Å². The van der Waals surface area contributed by atoms with Crippen molar-refractivity contribution in [3.63, 3.8) is 0 Å². The highest BCUT2D eigenvalue weighted by Gasteiger charge is 2.33. The van der Waals surface area contributed by atoms with Crippen molar-refractivity contribution in [1.82, 2.24) is 10.2 Å². The molecule has 208 valence electrons. The van der Waals surface area contributed by atoms with Crippen LogP contribution in [-0.4, -0.2) is 44.3 Å². The minimum absolute atomic E-state index is 0.0825. The van der Waals surface area contributed by atoms with Crippen molar-refractivity contribution in [2.75, 3.05) is 17.4 Å². The van der Waals surface area contributed by atoms with E-state index in [4.69, 9.17) is 11.6 Å². The van der Waals surface area contributed by atoms with Gasteiger partial charge in [-0.2, -0.15) is 0 Å². The molecule has 1 N–H and O–H groups in total. The van der Waals surface area contributed by atoms with E-state index in [0.717, 1.165) is 26.6 Å². The van der Waals surface area contributed by atoms with Crippen molar-refractivity contribution in [2.24, 2.45) is 0 Å². The molecule has 0 aliphatic heterocycles. The molecular formula is C30H36ClN3O4S. The number of benzene rings is 3. The molecule has 0 spiro atoms. The molecular weight excluding hydrogens is 534 g/mol. The zero-order valence-corrected chi connectivity index (χ0v) is 24.6. The second-order valence-electron chi connectivity index (χ2n) is 9.56.